The van der Waals surface area contributed by atoms with E-state index in [1.807, 2.05) is 12.3 Å². The van der Waals surface area contributed by atoms with Crippen LogP contribution >= 0.6 is 15.9 Å². The second-order valence-corrected chi connectivity index (χ2v) is 9.51. The monoisotopic (exact) mass is 350 g/mol. The Balaban J connectivity index is 1.61. The lowest BCUT2D eigenvalue weighted by molar-refractivity contribution is -0.114. The lowest BCUT2D eigenvalue weighted by Gasteiger charge is -2.65. The van der Waals surface area contributed by atoms with Crippen molar-refractivity contribution in [1.82, 2.24) is 10.3 Å². The molecule has 4 aliphatic rings. The molecule has 0 aromatic carbocycles. The molecule has 4 bridgehead atoms. The van der Waals surface area contributed by atoms with Crippen LogP contribution in [0.5, 0.6) is 0 Å². The number of aromatic amines is 1. The molecular formula is C17H23BrN2O. The number of hydrogen-bond acceptors (Lipinski definition) is 1. The quantitative estimate of drug-likeness (QED) is 0.822. The molecule has 4 heteroatoms. The Bertz CT molecular complexity index is 590. The van der Waals surface area contributed by atoms with Gasteiger partial charge in [0.05, 0.1) is 0 Å². The summed E-state index contributed by atoms with van der Waals surface area (Å²) in [6.45, 7) is 4.86. The van der Waals surface area contributed by atoms with Crippen molar-refractivity contribution >= 4 is 21.8 Å². The molecule has 4 aliphatic carbocycles. The van der Waals surface area contributed by atoms with Crippen LogP contribution in [0, 0.1) is 16.7 Å². The minimum atomic E-state index is 0.0254. The van der Waals surface area contributed by atoms with Gasteiger partial charge in [0.1, 0.15) is 5.69 Å². The third-order valence-electron chi connectivity index (χ3n) is 5.90. The van der Waals surface area contributed by atoms with Crippen molar-refractivity contribution in [2.75, 3.05) is 0 Å². The van der Waals surface area contributed by atoms with E-state index in [1.165, 1.54) is 25.7 Å². The SMILES string of the molecule is CC12CC3CC(C)(C1)CC(NC(=O)c1cc(Br)c[nH]1)(C3)C2. The average molecular weight is 351 g/mol. The first-order chi connectivity index (χ1) is 9.79. The molecule has 3 nitrogen and oxygen atoms in total. The third-order valence-corrected chi connectivity index (χ3v) is 6.36. The van der Waals surface area contributed by atoms with Gasteiger partial charge in [-0.05, 0) is 77.3 Å². The van der Waals surface area contributed by atoms with E-state index >= 15 is 0 Å². The highest BCUT2D eigenvalue weighted by Crippen LogP contribution is 2.66. The van der Waals surface area contributed by atoms with Crippen LogP contribution in [0.4, 0.5) is 0 Å². The standard InChI is InChI=1S/C17H23BrN2O/c1-15-4-11-5-16(2,8-15)10-17(6-11,9-15)20-14(21)13-3-12(18)7-19-13/h3,7,11,19H,4-6,8-10H2,1-2H3,(H,20,21). The van der Waals surface area contributed by atoms with Crippen LogP contribution in [0.25, 0.3) is 0 Å². The van der Waals surface area contributed by atoms with Gasteiger partial charge in [0.2, 0.25) is 0 Å². The summed E-state index contributed by atoms with van der Waals surface area (Å²) in [7, 11) is 0. The van der Waals surface area contributed by atoms with E-state index in [9.17, 15) is 4.79 Å². The molecule has 2 unspecified atom stereocenters. The Kier molecular flexibility index (Phi) is 2.74. The van der Waals surface area contributed by atoms with Gasteiger partial charge < -0.3 is 10.3 Å². The van der Waals surface area contributed by atoms with E-state index in [4.69, 9.17) is 0 Å². The Labute approximate surface area is 134 Å². The largest absolute Gasteiger partial charge is 0.356 e. The van der Waals surface area contributed by atoms with Gasteiger partial charge in [0, 0.05) is 16.2 Å². The maximum absolute atomic E-state index is 12.6. The van der Waals surface area contributed by atoms with Crippen molar-refractivity contribution in [3.05, 3.63) is 22.4 Å². The summed E-state index contributed by atoms with van der Waals surface area (Å²) in [5.41, 5.74) is 1.54. The topological polar surface area (TPSA) is 44.9 Å². The first-order valence-corrected chi connectivity index (χ1v) is 8.75. The Morgan fingerprint density at radius 3 is 2.43 bits per heavy atom. The Morgan fingerprint density at radius 1 is 1.24 bits per heavy atom. The first kappa shape index (κ1) is 13.9. The maximum Gasteiger partial charge on any atom is 0.268 e. The van der Waals surface area contributed by atoms with Crippen LogP contribution in [0.2, 0.25) is 0 Å². The van der Waals surface area contributed by atoms with E-state index < -0.39 is 0 Å². The average Bonchev–Trinajstić information content (AvgIpc) is 2.70. The van der Waals surface area contributed by atoms with E-state index in [-0.39, 0.29) is 11.4 Å². The summed E-state index contributed by atoms with van der Waals surface area (Å²) in [6, 6.07) is 1.86. The number of rotatable bonds is 2. The normalized spacial score (nSPS) is 44.0. The molecule has 0 aliphatic heterocycles. The summed E-state index contributed by atoms with van der Waals surface area (Å²) >= 11 is 3.40. The summed E-state index contributed by atoms with van der Waals surface area (Å²) in [4.78, 5) is 15.6. The van der Waals surface area contributed by atoms with Crippen LogP contribution < -0.4 is 5.32 Å². The maximum atomic E-state index is 12.6. The first-order valence-electron chi connectivity index (χ1n) is 7.95. The van der Waals surface area contributed by atoms with Crippen LogP contribution in [0.3, 0.4) is 0 Å². The molecule has 1 amide bonds. The zero-order chi connectivity index (χ0) is 14.9. The number of nitrogens with one attached hydrogen (secondary N) is 2. The molecule has 1 heterocycles. The van der Waals surface area contributed by atoms with E-state index in [0.29, 0.717) is 16.5 Å². The zero-order valence-electron chi connectivity index (χ0n) is 12.8. The second-order valence-electron chi connectivity index (χ2n) is 8.60. The van der Waals surface area contributed by atoms with Gasteiger partial charge in [0.15, 0.2) is 0 Å². The molecule has 2 atom stereocenters. The molecule has 114 valence electrons. The predicted octanol–water partition coefficient (Wildman–Crippen LogP) is 4.26. The molecule has 0 spiro atoms. The molecule has 21 heavy (non-hydrogen) atoms. The number of carbonyl (C=O) groups is 1. The van der Waals surface area contributed by atoms with Crippen LogP contribution in [-0.4, -0.2) is 16.4 Å². The third kappa shape index (κ3) is 2.26. The number of halogens is 1. The summed E-state index contributed by atoms with van der Waals surface area (Å²) in [5, 5.41) is 3.41. The van der Waals surface area contributed by atoms with Gasteiger partial charge in [-0.3, -0.25) is 4.79 Å². The van der Waals surface area contributed by atoms with Crippen molar-refractivity contribution in [2.24, 2.45) is 16.7 Å². The molecule has 2 N–H and O–H groups in total. The van der Waals surface area contributed by atoms with Gasteiger partial charge in [-0.1, -0.05) is 13.8 Å². The van der Waals surface area contributed by atoms with Crippen LogP contribution in [0.15, 0.2) is 16.7 Å². The number of H-pyrrole nitrogens is 1. The molecule has 4 fully saturated rings. The summed E-state index contributed by atoms with van der Waals surface area (Å²) in [5.74, 6) is 0.849. The van der Waals surface area contributed by atoms with Crippen LogP contribution in [0.1, 0.15) is 62.9 Å². The minimum Gasteiger partial charge on any atom is -0.356 e. The van der Waals surface area contributed by atoms with E-state index in [1.54, 1.807) is 0 Å². The number of hydrogen-bond donors (Lipinski definition) is 2. The summed E-state index contributed by atoms with van der Waals surface area (Å²) in [6.07, 6.45) is 9.34. The highest BCUT2D eigenvalue weighted by atomic mass is 79.9. The molecule has 1 aromatic rings. The van der Waals surface area contributed by atoms with Crippen molar-refractivity contribution in [1.29, 1.82) is 0 Å². The molecule has 5 rings (SSSR count). The highest BCUT2D eigenvalue weighted by molar-refractivity contribution is 9.10. The van der Waals surface area contributed by atoms with Crippen molar-refractivity contribution in [2.45, 2.75) is 57.9 Å². The molecular weight excluding hydrogens is 328 g/mol. The van der Waals surface area contributed by atoms with E-state index in [0.717, 1.165) is 23.2 Å². The van der Waals surface area contributed by atoms with Gasteiger partial charge in [-0.2, -0.15) is 0 Å². The number of carbonyl (C=O) groups excluding carboxylic acids is 1. The highest BCUT2D eigenvalue weighted by Gasteiger charge is 2.60. The van der Waals surface area contributed by atoms with Crippen molar-refractivity contribution in [3.8, 4) is 0 Å². The van der Waals surface area contributed by atoms with Crippen LogP contribution in [-0.2, 0) is 0 Å². The fraction of sp³-hybridized carbons (Fsp3) is 0.706. The van der Waals surface area contributed by atoms with Gasteiger partial charge in [-0.15, -0.1) is 0 Å². The predicted molar refractivity (Wildman–Crippen MR) is 86.1 cm³/mol. The molecule has 1 aromatic heterocycles. The fourth-order valence-corrected chi connectivity index (χ4v) is 6.74. The molecule has 0 radical (unpaired) electrons. The lowest BCUT2D eigenvalue weighted by Crippen LogP contribution is -2.65. The Hall–Kier alpha value is -0.770. The van der Waals surface area contributed by atoms with E-state index in [2.05, 4.69) is 40.1 Å². The van der Waals surface area contributed by atoms with Crippen molar-refractivity contribution < 1.29 is 4.79 Å². The lowest BCUT2D eigenvalue weighted by atomic mass is 9.43. The Morgan fingerprint density at radius 2 is 1.90 bits per heavy atom. The summed E-state index contributed by atoms with van der Waals surface area (Å²) < 4.78 is 0.928. The van der Waals surface area contributed by atoms with Gasteiger partial charge >= 0.3 is 0 Å². The van der Waals surface area contributed by atoms with Gasteiger partial charge in [-0.25, -0.2) is 0 Å². The van der Waals surface area contributed by atoms with Crippen molar-refractivity contribution in [3.63, 3.8) is 0 Å². The van der Waals surface area contributed by atoms with Gasteiger partial charge in [0.25, 0.3) is 5.91 Å². The smallest absolute Gasteiger partial charge is 0.268 e. The minimum absolute atomic E-state index is 0.0254. The second kappa shape index (κ2) is 4.15. The zero-order valence-corrected chi connectivity index (χ0v) is 14.3. The fourth-order valence-electron chi connectivity index (χ4n) is 6.39. The number of amides is 1. The molecule has 4 saturated carbocycles. The molecule has 0 saturated heterocycles. The number of aromatic nitrogens is 1.